The molecule has 138 valence electrons. The Hall–Kier alpha value is -3.09. The minimum atomic E-state index is -0.644. The zero-order chi connectivity index (χ0) is 18.9. The van der Waals surface area contributed by atoms with Crippen molar-refractivity contribution in [2.24, 2.45) is 5.92 Å². The third-order valence-electron chi connectivity index (χ3n) is 4.03. The van der Waals surface area contributed by atoms with Crippen molar-refractivity contribution in [3.63, 3.8) is 0 Å². The van der Waals surface area contributed by atoms with Gasteiger partial charge in [-0.2, -0.15) is 0 Å². The Morgan fingerprint density at radius 3 is 2.42 bits per heavy atom. The van der Waals surface area contributed by atoms with E-state index in [1.807, 2.05) is 44.2 Å². The summed E-state index contributed by atoms with van der Waals surface area (Å²) in [5.41, 5.74) is 5.20. The average molecular weight is 358 g/mol. The maximum Gasteiger partial charge on any atom is 0.314 e. The van der Waals surface area contributed by atoms with Gasteiger partial charge < -0.3 is 9.15 Å². The Kier molecular flexibility index (Phi) is 6.96. The van der Waals surface area contributed by atoms with Gasteiger partial charge in [-0.25, -0.2) is 0 Å². The second-order valence-electron chi connectivity index (χ2n) is 5.86. The van der Waals surface area contributed by atoms with Gasteiger partial charge in [-0.3, -0.25) is 25.2 Å². The molecule has 2 amide bonds. The first-order valence-electron chi connectivity index (χ1n) is 8.37. The number of benzene rings is 1. The van der Waals surface area contributed by atoms with E-state index in [4.69, 9.17) is 9.15 Å². The summed E-state index contributed by atoms with van der Waals surface area (Å²) in [6.45, 7) is 3.46. The van der Waals surface area contributed by atoms with E-state index in [-0.39, 0.29) is 11.7 Å². The second-order valence-corrected chi connectivity index (χ2v) is 5.86. The summed E-state index contributed by atoms with van der Waals surface area (Å²) in [5, 5.41) is 0. The largest absolute Gasteiger partial charge is 0.459 e. The van der Waals surface area contributed by atoms with E-state index in [9.17, 15) is 14.4 Å². The van der Waals surface area contributed by atoms with E-state index in [0.29, 0.717) is 0 Å². The average Bonchev–Trinajstić information content (AvgIpc) is 3.20. The fraction of sp³-hybridized carbons (Fsp3) is 0.316. The second kappa shape index (κ2) is 9.41. The van der Waals surface area contributed by atoms with Gasteiger partial charge in [0.15, 0.2) is 12.4 Å². The van der Waals surface area contributed by atoms with Gasteiger partial charge in [-0.1, -0.05) is 50.6 Å². The van der Waals surface area contributed by atoms with Crippen LogP contribution in [0.5, 0.6) is 0 Å². The zero-order valence-electron chi connectivity index (χ0n) is 14.7. The first kappa shape index (κ1) is 19.2. The molecule has 1 aromatic carbocycles. The molecule has 0 fully saturated rings. The van der Waals surface area contributed by atoms with Crippen LogP contribution < -0.4 is 10.9 Å². The molecule has 7 nitrogen and oxygen atoms in total. The fourth-order valence-electron chi connectivity index (χ4n) is 2.45. The standard InChI is InChI=1S/C19H22N2O5/c1-3-13(2)17(14-8-5-4-6-9-14)19(24)26-12-16(22)20-21-18(23)15-10-7-11-25-15/h4-11,13,17H,3,12H2,1-2H3,(H,20,22)(H,21,23)/t13-,17-/m0/s1. The molecule has 0 radical (unpaired) electrons. The molecule has 0 unspecified atom stereocenters. The minimum absolute atomic E-state index is 0.0585. The molecule has 0 spiro atoms. The monoisotopic (exact) mass is 358 g/mol. The highest BCUT2D eigenvalue weighted by atomic mass is 16.5. The van der Waals surface area contributed by atoms with Crippen LogP contribution in [0.1, 0.15) is 42.3 Å². The smallest absolute Gasteiger partial charge is 0.314 e. The predicted octanol–water partition coefficient (Wildman–Crippen LogP) is 2.41. The highest BCUT2D eigenvalue weighted by Gasteiger charge is 2.27. The number of hydrazine groups is 1. The summed E-state index contributed by atoms with van der Waals surface area (Å²) in [5.74, 6) is -2.05. The summed E-state index contributed by atoms with van der Waals surface area (Å²) in [4.78, 5) is 35.9. The normalized spacial score (nSPS) is 12.7. The fourth-order valence-corrected chi connectivity index (χ4v) is 2.45. The van der Waals surface area contributed by atoms with E-state index in [0.717, 1.165) is 12.0 Å². The quantitative estimate of drug-likeness (QED) is 0.585. The van der Waals surface area contributed by atoms with Crippen LogP contribution in [0.3, 0.4) is 0 Å². The van der Waals surface area contributed by atoms with Crippen LogP contribution in [0.25, 0.3) is 0 Å². The Morgan fingerprint density at radius 2 is 1.81 bits per heavy atom. The molecular weight excluding hydrogens is 336 g/mol. The summed E-state index contributed by atoms with van der Waals surface area (Å²) in [7, 11) is 0. The molecular formula is C19H22N2O5. The molecule has 0 aliphatic heterocycles. The molecule has 7 heteroatoms. The number of rotatable bonds is 7. The van der Waals surface area contributed by atoms with Crippen molar-refractivity contribution in [1.82, 2.24) is 10.9 Å². The third-order valence-corrected chi connectivity index (χ3v) is 4.03. The number of hydrogen-bond donors (Lipinski definition) is 2. The van der Waals surface area contributed by atoms with Crippen LogP contribution in [-0.4, -0.2) is 24.4 Å². The predicted molar refractivity (Wildman–Crippen MR) is 93.9 cm³/mol. The molecule has 0 bridgehead atoms. The van der Waals surface area contributed by atoms with E-state index in [2.05, 4.69) is 10.9 Å². The lowest BCUT2D eigenvalue weighted by Gasteiger charge is -2.21. The molecule has 2 N–H and O–H groups in total. The summed E-state index contributed by atoms with van der Waals surface area (Å²) in [6, 6.07) is 12.3. The van der Waals surface area contributed by atoms with E-state index < -0.39 is 30.3 Å². The van der Waals surface area contributed by atoms with Gasteiger partial charge >= 0.3 is 11.9 Å². The Labute approximate surface area is 151 Å². The van der Waals surface area contributed by atoms with E-state index in [1.54, 1.807) is 6.07 Å². The number of carbonyl (C=O) groups is 3. The molecule has 2 rings (SSSR count). The van der Waals surface area contributed by atoms with E-state index >= 15 is 0 Å². The van der Waals surface area contributed by atoms with Gasteiger partial charge in [0.25, 0.3) is 5.91 Å². The van der Waals surface area contributed by atoms with Crippen molar-refractivity contribution in [3.8, 4) is 0 Å². The summed E-state index contributed by atoms with van der Waals surface area (Å²) >= 11 is 0. The molecule has 1 heterocycles. The summed E-state index contributed by atoms with van der Waals surface area (Å²) in [6.07, 6.45) is 2.14. The number of hydrogen-bond acceptors (Lipinski definition) is 5. The molecule has 26 heavy (non-hydrogen) atoms. The van der Waals surface area contributed by atoms with Gasteiger partial charge in [0.1, 0.15) is 0 Å². The van der Waals surface area contributed by atoms with Gasteiger partial charge in [0.05, 0.1) is 12.2 Å². The number of ether oxygens (including phenoxy) is 1. The first-order chi connectivity index (χ1) is 12.5. The number of esters is 1. The van der Waals surface area contributed by atoms with Crippen LogP contribution in [-0.2, 0) is 14.3 Å². The van der Waals surface area contributed by atoms with E-state index in [1.165, 1.54) is 12.3 Å². The number of furan rings is 1. The maximum atomic E-state index is 12.5. The Bertz CT molecular complexity index is 728. The molecule has 0 aliphatic carbocycles. The highest BCUT2D eigenvalue weighted by molar-refractivity contribution is 5.93. The van der Waals surface area contributed by atoms with Gasteiger partial charge in [0.2, 0.25) is 0 Å². The van der Waals surface area contributed by atoms with Gasteiger partial charge in [0, 0.05) is 0 Å². The lowest BCUT2D eigenvalue weighted by atomic mass is 9.86. The molecule has 0 aliphatic rings. The number of nitrogens with one attached hydrogen (secondary N) is 2. The Balaban J connectivity index is 1.87. The highest BCUT2D eigenvalue weighted by Crippen LogP contribution is 2.28. The first-order valence-corrected chi connectivity index (χ1v) is 8.37. The van der Waals surface area contributed by atoms with Crippen molar-refractivity contribution in [2.45, 2.75) is 26.2 Å². The third kappa shape index (κ3) is 5.20. The van der Waals surface area contributed by atoms with Crippen molar-refractivity contribution < 1.29 is 23.5 Å². The topological polar surface area (TPSA) is 97.6 Å². The summed E-state index contributed by atoms with van der Waals surface area (Å²) < 4.78 is 10.0. The van der Waals surface area contributed by atoms with Gasteiger partial charge in [-0.15, -0.1) is 0 Å². The lowest BCUT2D eigenvalue weighted by Crippen LogP contribution is -2.43. The SMILES string of the molecule is CC[C@H](C)[C@H](C(=O)OCC(=O)NNC(=O)c1ccco1)c1ccccc1. The zero-order valence-corrected chi connectivity index (χ0v) is 14.7. The van der Waals surface area contributed by atoms with Crippen molar-refractivity contribution in [2.75, 3.05) is 6.61 Å². The van der Waals surface area contributed by atoms with Crippen molar-refractivity contribution in [1.29, 1.82) is 0 Å². The number of amides is 2. The molecule has 0 saturated heterocycles. The number of carbonyl (C=O) groups excluding carboxylic acids is 3. The molecule has 1 aromatic heterocycles. The van der Waals surface area contributed by atoms with Crippen LogP contribution in [0, 0.1) is 5.92 Å². The van der Waals surface area contributed by atoms with Crippen molar-refractivity contribution >= 4 is 17.8 Å². The van der Waals surface area contributed by atoms with Crippen LogP contribution in [0.4, 0.5) is 0 Å². The van der Waals surface area contributed by atoms with Crippen LogP contribution >= 0.6 is 0 Å². The molecule has 0 saturated carbocycles. The minimum Gasteiger partial charge on any atom is -0.459 e. The molecule has 2 atom stereocenters. The van der Waals surface area contributed by atoms with Crippen LogP contribution in [0.2, 0.25) is 0 Å². The Morgan fingerprint density at radius 1 is 1.08 bits per heavy atom. The van der Waals surface area contributed by atoms with Gasteiger partial charge in [-0.05, 0) is 23.6 Å². The maximum absolute atomic E-state index is 12.5. The lowest BCUT2D eigenvalue weighted by molar-refractivity contribution is -0.151. The van der Waals surface area contributed by atoms with Crippen molar-refractivity contribution in [3.05, 3.63) is 60.1 Å². The molecule has 2 aromatic rings. The van der Waals surface area contributed by atoms with Crippen LogP contribution in [0.15, 0.2) is 53.1 Å².